The van der Waals surface area contributed by atoms with Crippen LogP contribution in [-0.2, 0) is 0 Å². The molecule has 1 aliphatic heterocycles. The van der Waals surface area contributed by atoms with E-state index in [4.69, 9.17) is 5.73 Å². The SMILES string of the molecule is NC1CCN(c2cc3c(cc2F)c(=O)c(C(=O)O)cn3-c2ccccc2)C1. The molecule has 7 heteroatoms. The molecule has 3 N–H and O–H groups in total. The van der Waals surface area contributed by atoms with Crippen LogP contribution in [-0.4, -0.2) is 34.8 Å². The molecule has 1 fully saturated rings. The fourth-order valence-corrected chi connectivity index (χ4v) is 3.54. The summed E-state index contributed by atoms with van der Waals surface area (Å²) in [5.74, 6) is -1.91. The Kier molecular flexibility index (Phi) is 4.16. The largest absolute Gasteiger partial charge is 0.477 e. The summed E-state index contributed by atoms with van der Waals surface area (Å²) in [5, 5.41) is 9.42. The number of benzene rings is 2. The van der Waals surface area contributed by atoms with Gasteiger partial charge in [-0.15, -0.1) is 0 Å². The van der Waals surface area contributed by atoms with E-state index in [1.54, 1.807) is 22.8 Å². The Labute approximate surface area is 154 Å². The molecule has 2 heterocycles. The summed E-state index contributed by atoms with van der Waals surface area (Å²) < 4.78 is 16.4. The number of pyridine rings is 1. The van der Waals surface area contributed by atoms with E-state index in [1.165, 1.54) is 6.20 Å². The lowest BCUT2D eigenvalue weighted by Gasteiger charge is -2.21. The van der Waals surface area contributed by atoms with Crippen molar-refractivity contribution in [3.05, 3.63) is 70.3 Å². The molecular formula is C20H18FN3O3. The first-order chi connectivity index (χ1) is 13.0. The van der Waals surface area contributed by atoms with Gasteiger partial charge in [0, 0.05) is 36.4 Å². The van der Waals surface area contributed by atoms with Gasteiger partial charge >= 0.3 is 5.97 Å². The van der Waals surface area contributed by atoms with Crippen LogP contribution >= 0.6 is 0 Å². The van der Waals surface area contributed by atoms with Crippen molar-refractivity contribution in [2.24, 2.45) is 5.73 Å². The monoisotopic (exact) mass is 367 g/mol. The van der Waals surface area contributed by atoms with Crippen LogP contribution in [0, 0.1) is 5.82 Å². The molecular weight excluding hydrogens is 349 g/mol. The number of halogens is 1. The second-order valence-electron chi connectivity index (χ2n) is 6.70. The van der Waals surface area contributed by atoms with Gasteiger partial charge in [-0.25, -0.2) is 9.18 Å². The molecule has 6 nitrogen and oxygen atoms in total. The maximum Gasteiger partial charge on any atom is 0.341 e. The number of carbonyl (C=O) groups is 1. The van der Waals surface area contributed by atoms with Crippen molar-refractivity contribution in [3.8, 4) is 5.69 Å². The highest BCUT2D eigenvalue weighted by atomic mass is 19.1. The minimum atomic E-state index is -1.35. The van der Waals surface area contributed by atoms with E-state index in [9.17, 15) is 19.1 Å². The summed E-state index contributed by atoms with van der Waals surface area (Å²) >= 11 is 0. The third kappa shape index (κ3) is 2.96. The van der Waals surface area contributed by atoms with Gasteiger partial charge in [0.05, 0.1) is 11.2 Å². The predicted molar refractivity (Wildman–Crippen MR) is 101 cm³/mol. The standard InChI is InChI=1S/C20H18FN3O3/c21-16-8-14-17(9-18(16)23-7-6-12(22)10-23)24(13-4-2-1-3-5-13)11-15(19(14)25)20(26)27/h1-5,8-9,11-12H,6-7,10,22H2,(H,26,27). The number of carboxylic acid groups (broad SMARTS) is 1. The van der Waals surface area contributed by atoms with Crippen molar-refractivity contribution in [3.63, 3.8) is 0 Å². The van der Waals surface area contributed by atoms with Gasteiger partial charge in [-0.3, -0.25) is 4.79 Å². The second kappa shape index (κ2) is 6.51. The summed E-state index contributed by atoms with van der Waals surface area (Å²) in [7, 11) is 0. The van der Waals surface area contributed by atoms with Gasteiger partial charge < -0.3 is 20.3 Å². The topological polar surface area (TPSA) is 88.6 Å². The first kappa shape index (κ1) is 17.2. The van der Waals surface area contributed by atoms with Gasteiger partial charge in [-0.1, -0.05) is 18.2 Å². The lowest BCUT2D eigenvalue weighted by Crippen LogP contribution is -2.27. The van der Waals surface area contributed by atoms with Crippen LogP contribution in [0.5, 0.6) is 0 Å². The van der Waals surface area contributed by atoms with Gasteiger partial charge in [0.1, 0.15) is 11.4 Å². The quantitative estimate of drug-likeness (QED) is 0.742. The predicted octanol–water partition coefficient (Wildman–Crippen LogP) is 2.37. The maximum atomic E-state index is 14.8. The molecule has 1 unspecified atom stereocenters. The Morgan fingerprint density at radius 2 is 1.96 bits per heavy atom. The number of anilines is 1. The number of nitrogens with zero attached hydrogens (tertiary/aromatic N) is 2. The third-order valence-corrected chi connectivity index (χ3v) is 4.90. The molecule has 1 atom stereocenters. The van der Waals surface area contributed by atoms with E-state index in [0.29, 0.717) is 30.0 Å². The summed E-state index contributed by atoms with van der Waals surface area (Å²) in [6, 6.07) is 11.8. The molecule has 1 aromatic heterocycles. The molecule has 0 radical (unpaired) electrons. The number of para-hydroxylation sites is 1. The number of hydrogen-bond donors (Lipinski definition) is 2. The Balaban J connectivity index is 2.03. The fraction of sp³-hybridized carbons (Fsp3) is 0.200. The van der Waals surface area contributed by atoms with Crippen LogP contribution in [0.2, 0.25) is 0 Å². The number of nitrogens with two attached hydrogens (primary N) is 1. The first-order valence-corrected chi connectivity index (χ1v) is 8.64. The molecule has 0 spiro atoms. The molecule has 1 aliphatic rings. The second-order valence-corrected chi connectivity index (χ2v) is 6.70. The minimum Gasteiger partial charge on any atom is -0.477 e. The Bertz CT molecular complexity index is 1100. The average molecular weight is 367 g/mol. The van der Waals surface area contributed by atoms with Gasteiger partial charge in [0.25, 0.3) is 0 Å². The number of hydrogen-bond acceptors (Lipinski definition) is 4. The highest BCUT2D eigenvalue weighted by molar-refractivity contribution is 5.94. The zero-order valence-corrected chi connectivity index (χ0v) is 14.4. The summed E-state index contributed by atoms with van der Waals surface area (Å²) in [5.41, 5.74) is 6.33. The number of rotatable bonds is 3. The van der Waals surface area contributed by atoms with Crippen LogP contribution in [0.25, 0.3) is 16.6 Å². The number of aromatic nitrogens is 1. The number of carboxylic acids is 1. The van der Waals surface area contributed by atoms with Crippen LogP contribution in [0.4, 0.5) is 10.1 Å². The third-order valence-electron chi connectivity index (χ3n) is 4.90. The van der Waals surface area contributed by atoms with Crippen molar-refractivity contribution < 1.29 is 14.3 Å². The van der Waals surface area contributed by atoms with Crippen molar-refractivity contribution in [1.29, 1.82) is 0 Å². The highest BCUT2D eigenvalue weighted by Crippen LogP contribution is 2.29. The van der Waals surface area contributed by atoms with Crippen LogP contribution in [0.15, 0.2) is 53.5 Å². The van der Waals surface area contributed by atoms with Gasteiger partial charge in [0.15, 0.2) is 0 Å². The number of fused-ring (bicyclic) bond motifs is 1. The van der Waals surface area contributed by atoms with Crippen LogP contribution in [0.1, 0.15) is 16.8 Å². The zero-order chi connectivity index (χ0) is 19.1. The molecule has 138 valence electrons. The molecule has 0 bridgehead atoms. The average Bonchev–Trinajstić information content (AvgIpc) is 3.08. The molecule has 0 amide bonds. The first-order valence-electron chi connectivity index (χ1n) is 8.64. The Hall–Kier alpha value is -3.19. The van der Waals surface area contributed by atoms with E-state index in [1.807, 2.05) is 23.1 Å². The lowest BCUT2D eigenvalue weighted by atomic mass is 10.1. The maximum absolute atomic E-state index is 14.8. The highest BCUT2D eigenvalue weighted by Gasteiger charge is 2.24. The smallest absolute Gasteiger partial charge is 0.341 e. The molecule has 0 aliphatic carbocycles. The molecule has 3 aromatic rings. The zero-order valence-electron chi connectivity index (χ0n) is 14.4. The molecule has 27 heavy (non-hydrogen) atoms. The van der Waals surface area contributed by atoms with Crippen molar-refractivity contribution >= 4 is 22.6 Å². The molecule has 2 aromatic carbocycles. The van der Waals surface area contributed by atoms with Crippen LogP contribution in [0.3, 0.4) is 0 Å². The van der Waals surface area contributed by atoms with Crippen molar-refractivity contribution in [2.45, 2.75) is 12.5 Å². The summed E-state index contributed by atoms with van der Waals surface area (Å²) in [4.78, 5) is 26.0. The van der Waals surface area contributed by atoms with E-state index >= 15 is 0 Å². The Morgan fingerprint density at radius 3 is 2.59 bits per heavy atom. The number of aromatic carboxylic acids is 1. The molecule has 4 rings (SSSR count). The summed E-state index contributed by atoms with van der Waals surface area (Å²) in [6.45, 7) is 1.16. The van der Waals surface area contributed by atoms with Crippen molar-refractivity contribution in [2.75, 3.05) is 18.0 Å². The van der Waals surface area contributed by atoms with E-state index in [-0.39, 0.29) is 11.4 Å². The van der Waals surface area contributed by atoms with E-state index in [0.717, 1.165) is 12.5 Å². The minimum absolute atomic E-state index is 0.0224. The lowest BCUT2D eigenvalue weighted by molar-refractivity contribution is 0.0695. The fourth-order valence-electron chi connectivity index (χ4n) is 3.54. The van der Waals surface area contributed by atoms with Crippen LogP contribution < -0.4 is 16.1 Å². The van der Waals surface area contributed by atoms with Crippen molar-refractivity contribution in [1.82, 2.24) is 4.57 Å². The molecule has 0 saturated carbocycles. The Morgan fingerprint density at radius 1 is 1.22 bits per heavy atom. The van der Waals surface area contributed by atoms with Gasteiger partial charge in [0.2, 0.25) is 5.43 Å². The normalized spacial score (nSPS) is 16.8. The van der Waals surface area contributed by atoms with E-state index in [2.05, 4.69) is 0 Å². The van der Waals surface area contributed by atoms with Gasteiger partial charge in [-0.05, 0) is 30.7 Å². The van der Waals surface area contributed by atoms with Gasteiger partial charge in [-0.2, -0.15) is 0 Å². The summed E-state index contributed by atoms with van der Waals surface area (Å²) in [6.07, 6.45) is 2.06. The molecule has 1 saturated heterocycles. The van der Waals surface area contributed by atoms with E-state index < -0.39 is 22.8 Å².